The van der Waals surface area contributed by atoms with Gasteiger partial charge in [0.15, 0.2) is 0 Å². The second-order valence-electron chi connectivity index (χ2n) is 3.92. The van der Waals surface area contributed by atoms with Crippen LogP contribution in [-0.2, 0) is 14.8 Å². The zero-order valence-corrected chi connectivity index (χ0v) is 12.6. The molecule has 5 nitrogen and oxygen atoms in total. The number of aliphatic hydroxyl groups is 1. The van der Waals surface area contributed by atoms with Crippen LogP contribution in [0.25, 0.3) is 0 Å². The molecule has 7 heteroatoms. The van der Waals surface area contributed by atoms with Gasteiger partial charge in [0.25, 0.3) is 0 Å². The normalized spacial score (nSPS) is 10.8. The van der Waals surface area contributed by atoms with Crippen molar-refractivity contribution in [2.45, 2.75) is 6.42 Å². The second kappa shape index (κ2) is 8.12. The minimum Gasteiger partial charge on any atom is -0.385 e. The topological polar surface area (TPSA) is 75.6 Å². The van der Waals surface area contributed by atoms with Crippen molar-refractivity contribution in [3.05, 3.63) is 28.8 Å². The molecule has 0 radical (unpaired) electrons. The van der Waals surface area contributed by atoms with Gasteiger partial charge in [-0.15, -0.1) is 0 Å². The van der Waals surface area contributed by atoms with Crippen LogP contribution in [0, 0.1) is 11.8 Å². The van der Waals surface area contributed by atoms with Crippen molar-refractivity contribution in [2.75, 3.05) is 30.8 Å². The number of ether oxygens (including phenoxy) is 1. The fourth-order valence-corrected chi connectivity index (χ4v) is 2.76. The molecular formula is C13H16ClNO4S. The fraction of sp³-hybridized carbons (Fsp3) is 0.385. The van der Waals surface area contributed by atoms with Gasteiger partial charge < -0.3 is 9.84 Å². The van der Waals surface area contributed by atoms with Crippen molar-refractivity contribution >= 4 is 27.3 Å². The smallest absolute Gasteiger partial charge is 0.232 e. The van der Waals surface area contributed by atoms with E-state index in [4.69, 9.17) is 21.4 Å². The molecule has 1 aromatic rings. The summed E-state index contributed by atoms with van der Waals surface area (Å²) >= 11 is 5.95. The van der Waals surface area contributed by atoms with Crippen LogP contribution in [0.15, 0.2) is 18.2 Å². The number of benzene rings is 1. The van der Waals surface area contributed by atoms with Crippen LogP contribution < -0.4 is 4.72 Å². The highest BCUT2D eigenvalue weighted by Gasteiger charge is 2.12. The van der Waals surface area contributed by atoms with Crippen molar-refractivity contribution in [3.8, 4) is 11.8 Å². The predicted octanol–water partition coefficient (Wildman–Crippen LogP) is 1.46. The lowest BCUT2D eigenvalue weighted by molar-refractivity contribution is 0.199. The van der Waals surface area contributed by atoms with Crippen molar-refractivity contribution in [2.24, 2.45) is 0 Å². The lowest BCUT2D eigenvalue weighted by Gasteiger charge is -2.09. The van der Waals surface area contributed by atoms with Crippen LogP contribution >= 0.6 is 11.6 Å². The molecule has 0 aliphatic carbocycles. The first-order valence-corrected chi connectivity index (χ1v) is 7.90. The summed E-state index contributed by atoms with van der Waals surface area (Å²) in [6.45, 7) is 0.108. The zero-order chi connectivity index (χ0) is 15.0. The SMILES string of the molecule is COCCCS(=O)(=O)Nc1cc(C#CCO)ccc1Cl. The van der Waals surface area contributed by atoms with E-state index in [9.17, 15) is 8.42 Å². The number of sulfonamides is 1. The van der Waals surface area contributed by atoms with E-state index in [0.29, 0.717) is 18.6 Å². The van der Waals surface area contributed by atoms with Gasteiger partial charge >= 0.3 is 0 Å². The standard InChI is InChI=1S/C13H16ClNO4S/c1-19-8-3-9-20(17,18)15-13-10-11(4-2-7-16)5-6-12(13)14/h5-6,10,15-16H,3,7-9H2,1H3. The zero-order valence-electron chi connectivity index (χ0n) is 11.0. The molecule has 0 saturated heterocycles. The molecule has 0 atom stereocenters. The van der Waals surface area contributed by atoms with E-state index in [1.807, 2.05) is 0 Å². The molecule has 0 amide bonds. The lowest BCUT2D eigenvalue weighted by atomic mass is 10.2. The maximum Gasteiger partial charge on any atom is 0.232 e. The summed E-state index contributed by atoms with van der Waals surface area (Å²) in [7, 11) is -1.96. The molecule has 0 aromatic heterocycles. The van der Waals surface area contributed by atoms with E-state index in [1.165, 1.54) is 13.2 Å². The quantitative estimate of drug-likeness (QED) is 0.615. The minimum absolute atomic E-state index is 0.0519. The summed E-state index contributed by atoms with van der Waals surface area (Å²) in [5, 5.41) is 8.92. The third kappa shape index (κ3) is 5.80. The van der Waals surface area contributed by atoms with Crippen molar-refractivity contribution in [1.82, 2.24) is 0 Å². The van der Waals surface area contributed by atoms with Gasteiger partial charge in [-0.2, -0.15) is 0 Å². The van der Waals surface area contributed by atoms with Crippen LogP contribution in [0.3, 0.4) is 0 Å². The Labute approximate surface area is 124 Å². The Morgan fingerprint density at radius 1 is 1.45 bits per heavy atom. The molecule has 1 rings (SSSR count). The van der Waals surface area contributed by atoms with E-state index < -0.39 is 10.0 Å². The largest absolute Gasteiger partial charge is 0.385 e. The number of halogens is 1. The minimum atomic E-state index is -3.48. The number of anilines is 1. The van der Waals surface area contributed by atoms with Gasteiger partial charge in [0, 0.05) is 19.3 Å². The Hall–Kier alpha value is -1.26. The molecule has 2 N–H and O–H groups in total. The highest BCUT2D eigenvalue weighted by atomic mass is 35.5. The number of hydrogen-bond acceptors (Lipinski definition) is 4. The number of rotatable bonds is 6. The third-order valence-electron chi connectivity index (χ3n) is 2.31. The van der Waals surface area contributed by atoms with Crippen molar-refractivity contribution < 1.29 is 18.3 Å². The van der Waals surface area contributed by atoms with Crippen LogP contribution in [0.4, 0.5) is 5.69 Å². The molecule has 0 spiro atoms. The molecule has 110 valence electrons. The van der Waals surface area contributed by atoms with Crippen LogP contribution in [0.1, 0.15) is 12.0 Å². The van der Waals surface area contributed by atoms with Gasteiger partial charge in [-0.25, -0.2) is 8.42 Å². The maximum absolute atomic E-state index is 11.9. The fourth-order valence-electron chi connectivity index (χ4n) is 1.43. The monoisotopic (exact) mass is 317 g/mol. The second-order valence-corrected chi connectivity index (χ2v) is 6.17. The number of nitrogens with one attached hydrogen (secondary N) is 1. The molecule has 0 bridgehead atoms. The van der Waals surface area contributed by atoms with Gasteiger partial charge in [0.05, 0.1) is 16.5 Å². The van der Waals surface area contributed by atoms with Gasteiger partial charge in [0.2, 0.25) is 10.0 Å². The molecule has 0 aliphatic heterocycles. The molecule has 0 fully saturated rings. The highest BCUT2D eigenvalue weighted by Crippen LogP contribution is 2.24. The summed E-state index contributed by atoms with van der Waals surface area (Å²) < 4.78 is 30.9. The average molecular weight is 318 g/mol. The Bertz CT molecular complexity index is 605. The van der Waals surface area contributed by atoms with Gasteiger partial charge in [0.1, 0.15) is 6.61 Å². The Balaban J connectivity index is 2.85. The highest BCUT2D eigenvalue weighted by molar-refractivity contribution is 7.92. The molecule has 1 aromatic carbocycles. The first kappa shape index (κ1) is 16.8. The van der Waals surface area contributed by atoms with E-state index >= 15 is 0 Å². The van der Waals surface area contributed by atoms with Crippen molar-refractivity contribution in [1.29, 1.82) is 0 Å². The van der Waals surface area contributed by atoms with Crippen molar-refractivity contribution in [3.63, 3.8) is 0 Å². The summed E-state index contributed by atoms with van der Waals surface area (Å²) in [5.41, 5.74) is 0.840. The van der Waals surface area contributed by atoms with Gasteiger partial charge in [-0.1, -0.05) is 23.4 Å². The summed E-state index contributed by atoms with van der Waals surface area (Å²) in [4.78, 5) is 0. The molecule has 0 heterocycles. The van der Waals surface area contributed by atoms with Crippen LogP contribution in [0.5, 0.6) is 0 Å². The number of aliphatic hydroxyl groups excluding tert-OH is 1. The van der Waals surface area contributed by atoms with Crippen LogP contribution in [-0.4, -0.2) is 39.6 Å². The predicted molar refractivity (Wildman–Crippen MR) is 79.3 cm³/mol. The average Bonchev–Trinajstić information content (AvgIpc) is 2.39. The number of methoxy groups -OCH3 is 1. The number of hydrogen-bond donors (Lipinski definition) is 2. The maximum atomic E-state index is 11.9. The summed E-state index contributed by atoms with van der Waals surface area (Å²) in [5.74, 6) is 5.12. The molecular weight excluding hydrogens is 302 g/mol. The van der Waals surface area contributed by atoms with Gasteiger partial charge in [-0.05, 0) is 24.6 Å². The molecule has 0 unspecified atom stereocenters. The Morgan fingerprint density at radius 2 is 2.20 bits per heavy atom. The van der Waals surface area contributed by atoms with Gasteiger partial charge in [-0.3, -0.25) is 4.72 Å². The third-order valence-corrected chi connectivity index (χ3v) is 3.99. The lowest BCUT2D eigenvalue weighted by Crippen LogP contribution is -2.18. The summed E-state index contributed by atoms with van der Waals surface area (Å²) in [6.07, 6.45) is 0.396. The Morgan fingerprint density at radius 3 is 2.85 bits per heavy atom. The van der Waals surface area contributed by atoms with E-state index in [1.54, 1.807) is 12.1 Å². The van der Waals surface area contributed by atoms with E-state index in [0.717, 1.165) is 0 Å². The molecule has 20 heavy (non-hydrogen) atoms. The molecule has 0 saturated carbocycles. The Kier molecular flexibility index (Phi) is 6.82. The van der Waals surface area contributed by atoms with E-state index in [2.05, 4.69) is 16.6 Å². The van der Waals surface area contributed by atoms with E-state index in [-0.39, 0.29) is 23.1 Å². The first-order chi connectivity index (χ1) is 9.48. The molecule has 0 aliphatic rings. The summed E-state index contributed by atoms with van der Waals surface area (Å²) in [6, 6.07) is 4.72. The van der Waals surface area contributed by atoms with Crippen LogP contribution in [0.2, 0.25) is 5.02 Å². The first-order valence-electron chi connectivity index (χ1n) is 5.87.